The Kier molecular flexibility index (Phi) is 5.54. The molecule has 4 fully saturated rings. The molecule has 6 nitrogen and oxygen atoms in total. The van der Waals surface area contributed by atoms with E-state index in [1.165, 1.54) is 18.4 Å². The van der Waals surface area contributed by atoms with Crippen LogP contribution < -0.4 is 5.32 Å². The van der Waals surface area contributed by atoms with E-state index in [1.54, 1.807) is 18.2 Å². The largest absolute Gasteiger partial charge is 0.316 e. The fraction of sp³-hybridized carbons (Fsp3) is 0.455. The highest BCUT2D eigenvalue weighted by atomic mass is 35.5. The molecule has 0 aromatic heterocycles. The Balaban J connectivity index is 0.000000180. The minimum atomic E-state index is -4.02. The third-order valence-electron chi connectivity index (χ3n) is 6.95. The maximum absolute atomic E-state index is 12.0. The van der Waals surface area contributed by atoms with Crippen LogP contribution in [0, 0.1) is 18.3 Å². The predicted octanol–water partition coefficient (Wildman–Crippen LogP) is 3.63. The van der Waals surface area contributed by atoms with Gasteiger partial charge in [-0.15, -0.1) is 0 Å². The minimum Gasteiger partial charge on any atom is -0.316 e. The molecular weight excluding hydrogens is 458 g/mol. The summed E-state index contributed by atoms with van der Waals surface area (Å²) in [6, 6.07) is 11.4. The van der Waals surface area contributed by atoms with Gasteiger partial charge in [-0.25, -0.2) is 8.42 Å². The monoisotopic (exact) mass is 483 g/mol. The van der Waals surface area contributed by atoms with Gasteiger partial charge in [-0.3, -0.25) is 4.55 Å². The highest BCUT2D eigenvalue weighted by Gasteiger charge is 2.71. The average molecular weight is 484 g/mol. The lowest BCUT2D eigenvalue weighted by atomic mass is 9.30. The minimum absolute atomic E-state index is 0.0666. The van der Waals surface area contributed by atoms with E-state index in [1.807, 2.05) is 19.1 Å². The molecule has 6 rings (SSSR count). The molecule has 0 radical (unpaired) electrons. The van der Waals surface area contributed by atoms with Crippen molar-refractivity contribution in [1.82, 2.24) is 5.32 Å². The van der Waals surface area contributed by atoms with Crippen LogP contribution in [0.2, 0.25) is 5.02 Å². The quantitative estimate of drug-likeness (QED) is 0.644. The molecule has 3 aliphatic carbocycles. The average Bonchev–Trinajstić information content (AvgIpc) is 2.55. The van der Waals surface area contributed by atoms with Crippen molar-refractivity contribution in [3.05, 3.63) is 58.6 Å². The third kappa shape index (κ3) is 4.16. The smallest absolute Gasteiger partial charge is 0.294 e. The van der Waals surface area contributed by atoms with E-state index >= 15 is 0 Å². The zero-order valence-electron chi connectivity index (χ0n) is 17.4. The molecule has 31 heavy (non-hydrogen) atoms. The molecule has 0 spiro atoms. The molecule has 9 heteroatoms. The SMILES string of the molecule is CS(=O)(=O)c1cc(Cl)ccc1C12CC(C3CNC3)(C1)C2.Cc1ccc(S(=O)(=O)O)cc1. The van der Waals surface area contributed by atoms with Crippen LogP contribution in [0.25, 0.3) is 0 Å². The van der Waals surface area contributed by atoms with Crippen molar-refractivity contribution in [3.63, 3.8) is 0 Å². The number of halogens is 1. The highest BCUT2D eigenvalue weighted by molar-refractivity contribution is 7.90. The summed E-state index contributed by atoms with van der Waals surface area (Å²) in [7, 11) is -7.24. The Bertz CT molecular complexity index is 1200. The lowest BCUT2D eigenvalue weighted by Crippen LogP contribution is -2.72. The van der Waals surface area contributed by atoms with Gasteiger partial charge in [-0.1, -0.05) is 35.4 Å². The molecule has 1 heterocycles. The summed E-state index contributed by atoms with van der Waals surface area (Å²) < 4.78 is 53.6. The van der Waals surface area contributed by atoms with E-state index in [4.69, 9.17) is 16.2 Å². The Labute approximate surface area is 188 Å². The van der Waals surface area contributed by atoms with Crippen molar-refractivity contribution < 1.29 is 21.4 Å². The molecule has 3 saturated carbocycles. The van der Waals surface area contributed by atoms with Gasteiger partial charge in [-0.2, -0.15) is 8.42 Å². The zero-order chi connectivity index (χ0) is 22.7. The second-order valence-corrected chi connectivity index (χ2v) is 13.1. The van der Waals surface area contributed by atoms with Crippen molar-refractivity contribution in [2.45, 2.75) is 41.4 Å². The summed E-state index contributed by atoms with van der Waals surface area (Å²) in [5.41, 5.74) is 2.56. The molecule has 2 aromatic carbocycles. The summed E-state index contributed by atoms with van der Waals surface area (Å²) in [6.45, 7) is 4.11. The van der Waals surface area contributed by atoms with E-state index < -0.39 is 20.0 Å². The fourth-order valence-corrected chi connectivity index (χ4v) is 7.00. The first-order chi connectivity index (χ1) is 14.3. The summed E-state index contributed by atoms with van der Waals surface area (Å²) in [5.74, 6) is 0.804. The van der Waals surface area contributed by atoms with Gasteiger partial charge in [0.2, 0.25) is 0 Å². The van der Waals surface area contributed by atoms with Crippen LogP contribution in [0.5, 0.6) is 0 Å². The summed E-state index contributed by atoms with van der Waals surface area (Å²) in [5, 5.41) is 3.84. The highest BCUT2D eigenvalue weighted by Crippen LogP contribution is 2.77. The zero-order valence-corrected chi connectivity index (χ0v) is 19.8. The van der Waals surface area contributed by atoms with E-state index in [0.29, 0.717) is 15.3 Å². The number of hydrogen-bond acceptors (Lipinski definition) is 5. The summed E-state index contributed by atoms with van der Waals surface area (Å²) in [6.07, 6.45) is 4.72. The van der Waals surface area contributed by atoms with Crippen LogP contribution in [-0.4, -0.2) is 40.7 Å². The molecule has 4 aliphatic rings. The van der Waals surface area contributed by atoms with E-state index in [-0.39, 0.29) is 10.3 Å². The van der Waals surface area contributed by atoms with Gasteiger partial charge in [0.15, 0.2) is 9.84 Å². The molecule has 0 unspecified atom stereocenters. The first kappa shape index (κ1) is 22.7. The van der Waals surface area contributed by atoms with Crippen molar-refractivity contribution in [2.24, 2.45) is 11.3 Å². The van der Waals surface area contributed by atoms with Gasteiger partial charge >= 0.3 is 0 Å². The van der Waals surface area contributed by atoms with Gasteiger partial charge < -0.3 is 5.32 Å². The number of aryl methyl sites for hydroxylation is 1. The lowest BCUT2D eigenvalue weighted by molar-refractivity contribution is -0.192. The molecule has 168 valence electrons. The third-order valence-corrected chi connectivity index (χ3v) is 9.19. The molecule has 1 aliphatic heterocycles. The first-order valence-electron chi connectivity index (χ1n) is 10.1. The van der Waals surface area contributed by atoms with Crippen molar-refractivity contribution in [3.8, 4) is 0 Å². The lowest BCUT2D eigenvalue weighted by Gasteiger charge is -2.75. The van der Waals surface area contributed by atoms with Gasteiger partial charge in [0.05, 0.1) is 9.79 Å². The van der Waals surface area contributed by atoms with Crippen molar-refractivity contribution >= 4 is 31.6 Å². The van der Waals surface area contributed by atoms with Crippen LogP contribution in [-0.2, 0) is 25.4 Å². The molecule has 2 bridgehead atoms. The Morgan fingerprint density at radius 2 is 1.58 bits per heavy atom. The normalized spacial score (nSPS) is 27.2. The topological polar surface area (TPSA) is 101 Å². The number of nitrogens with one attached hydrogen (secondary N) is 1. The number of sulfone groups is 1. The van der Waals surface area contributed by atoms with E-state index in [9.17, 15) is 16.8 Å². The second kappa shape index (κ2) is 7.56. The molecule has 2 aromatic rings. The number of benzene rings is 2. The van der Waals surface area contributed by atoms with Crippen LogP contribution in [0.3, 0.4) is 0 Å². The van der Waals surface area contributed by atoms with E-state index in [0.717, 1.165) is 49.4 Å². The second-order valence-electron chi connectivity index (χ2n) is 9.23. The maximum Gasteiger partial charge on any atom is 0.294 e. The Hall–Kier alpha value is -1.45. The van der Waals surface area contributed by atoms with Gasteiger partial charge in [0, 0.05) is 11.3 Å². The van der Waals surface area contributed by atoms with Crippen LogP contribution in [0.4, 0.5) is 0 Å². The molecule has 0 amide bonds. The summed E-state index contributed by atoms with van der Waals surface area (Å²) >= 11 is 5.98. The molecular formula is C22H26ClNO5S2. The molecule has 1 saturated heterocycles. The van der Waals surface area contributed by atoms with Gasteiger partial charge in [0.25, 0.3) is 10.1 Å². The van der Waals surface area contributed by atoms with Crippen LogP contribution in [0.1, 0.15) is 30.4 Å². The Morgan fingerprint density at radius 1 is 1.00 bits per heavy atom. The van der Waals surface area contributed by atoms with Crippen molar-refractivity contribution in [2.75, 3.05) is 19.3 Å². The van der Waals surface area contributed by atoms with Gasteiger partial charge in [0.1, 0.15) is 0 Å². The van der Waals surface area contributed by atoms with Crippen molar-refractivity contribution in [1.29, 1.82) is 0 Å². The molecule has 0 atom stereocenters. The fourth-order valence-electron chi connectivity index (χ4n) is 5.26. The molecule has 2 N–H and O–H groups in total. The Morgan fingerprint density at radius 3 is 2.03 bits per heavy atom. The van der Waals surface area contributed by atoms with E-state index in [2.05, 4.69) is 5.32 Å². The maximum atomic E-state index is 12.0. The predicted molar refractivity (Wildman–Crippen MR) is 120 cm³/mol. The van der Waals surface area contributed by atoms with Crippen LogP contribution >= 0.6 is 11.6 Å². The first-order valence-corrected chi connectivity index (χ1v) is 13.8. The number of rotatable bonds is 4. The van der Waals surface area contributed by atoms with Crippen LogP contribution in [0.15, 0.2) is 52.3 Å². The van der Waals surface area contributed by atoms with Gasteiger partial charge in [-0.05, 0) is 85.9 Å². The number of hydrogen-bond donors (Lipinski definition) is 2. The summed E-state index contributed by atoms with van der Waals surface area (Å²) in [4.78, 5) is 0.369. The standard InChI is InChI=1S/C15H18ClNO2S.C7H8O3S/c1-20(18,19)13-4-11(16)2-3-12(13)15-7-14(8-15,9-15)10-5-17-6-10;1-6-2-4-7(5-3-6)11(8,9)10/h2-4,10,17H,5-9H2,1H3;2-5H,1H3,(H,8,9,10).